The Morgan fingerprint density at radius 3 is 2.76 bits per heavy atom. The minimum atomic E-state index is -1.06. The van der Waals surface area contributed by atoms with Crippen molar-refractivity contribution < 1.29 is 9.59 Å². The van der Waals surface area contributed by atoms with Crippen molar-refractivity contribution in [1.29, 1.82) is 0 Å². The summed E-state index contributed by atoms with van der Waals surface area (Å²) in [5.41, 5.74) is 3.01. The van der Waals surface area contributed by atoms with E-state index in [2.05, 4.69) is 5.32 Å². The molecule has 6 rings (SSSR count). The molecule has 0 radical (unpaired) electrons. The Bertz CT molecular complexity index is 1650. The highest BCUT2D eigenvalue weighted by Gasteiger charge is 2.43. The Balaban J connectivity index is 1.42. The van der Waals surface area contributed by atoms with E-state index in [1.165, 1.54) is 16.6 Å². The lowest BCUT2D eigenvalue weighted by Gasteiger charge is -2.42. The number of hydrogen-bond acceptors (Lipinski definition) is 6. The summed E-state index contributed by atoms with van der Waals surface area (Å²) < 4.78 is 1.64. The first-order chi connectivity index (χ1) is 17.8. The molecule has 0 bridgehead atoms. The van der Waals surface area contributed by atoms with Crippen LogP contribution in [0.3, 0.4) is 0 Å². The first-order valence-electron chi connectivity index (χ1n) is 12.3. The van der Waals surface area contributed by atoms with Gasteiger partial charge >= 0.3 is 0 Å². The van der Waals surface area contributed by atoms with Crippen molar-refractivity contribution in [3.05, 3.63) is 74.9 Å². The zero-order valence-corrected chi connectivity index (χ0v) is 22.5. The molecule has 0 spiro atoms. The molecule has 0 saturated carbocycles. The van der Waals surface area contributed by atoms with E-state index in [9.17, 15) is 14.4 Å². The van der Waals surface area contributed by atoms with E-state index in [1.54, 1.807) is 40.7 Å². The SMILES string of the molecule is Cc1cccc(-n2c(SCC(=O)N3c4ccccc4NC(=O)C3(C)C)nc3sc4c(c3c2=O)CCC4)c1. The maximum atomic E-state index is 13.9. The lowest BCUT2D eigenvalue weighted by atomic mass is 9.96. The molecule has 2 aromatic carbocycles. The Kier molecular flexibility index (Phi) is 5.72. The molecular formula is C28H26N4O3S2. The topological polar surface area (TPSA) is 84.3 Å². The number of nitrogens with zero attached hydrogens (tertiary/aromatic N) is 3. The Labute approximate surface area is 222 Å². The van der Waals surface area contributed by atoms with Gasteiger partial charge in [0.05, 0.1) is 28.2 Å². The molecule has 0 unspecified atom stereocenters. The summed E-state index contributed by atoms with van der Waals surface area (Å²) in [5, 5.41) is 4.08. The van der Waals surface area contributed by atoms with Crippen molar-refractivity contribution in [2.45, 2.75) is 50.7 Å². The van der Waals surface area contributed by atoms with Crippen LogP contribution in [0, 0.1) is 6.92 Å². The van der Waals surface area contributed by atoms with Crippen LogP contribution in [-0.2, 0) is 22.4 Å². The number of hydrogen-bond donors (Lipinski definition) is 1. The van der Waals surface area contributed by atoms with E-state index in [4.69, 9.17) is 4.98 Å². The molecule has 1 N–H and O–H groups in total. The third-order valence-corrected chi connectivity index (χ3v) is 9.16. The second-order valence-electron chi connectivity index (χ2n) is 9.96. The predicted octanol–water partition coefficient (Wildman–Crippen LogP) is 5.10. The van der Waals surface area contributed by atoms with Gasteiger partial charge in [0.2, 0.25) is 11.8 Å². The summed E-state index contributed by atoms with van der Waals surface area (Å²) >= 11 is 2.82. The lowest BCUT2D eigenvalue weighted by Crippen LogP contribution is -2.59. The fourth-order valence-corrected chi connectivity index (χ4v) is 7.37. The number of carbonyl (C=O) groups is 2. The fourth-order valence-electron chi connectivity index (χ4n) is 5.21. The van der Waals surface area contributed by atoms with Crippen LogP contribution in [0.25, 0.3) is 15.9 Å². The first-order valence-corrected chi connectivity index (χ1v) is 14.1. The minimum absolute atomic E-state index is 0.0277. The van der Waals surface area contributed by atoms with Crippen LogP contribution < -0.4 is 15.8 Å². The van der Waals surface area contributed by atoms with Crippen LogP contribution in [0.1, 0.15) is 36.3 Å². The maximum absolute atomic E-state index is 13.9. The molecule has 0 saturated heterocycles. The highest BCUT2D eigenvalue weighted by Crippen LogP contribution is 2.38. The van der Waals surface area contributed by atoms with Gasteiger partial charge in [-0.3, -0.25) is 23.9 Å². The molecule has 7 nitrogen and oxygen atoms in total. The molecule has 2 amide bonds. The Hall–Kier alpha value is -3.43. The van der Waals surface area contributed by atoms with Crippen LogP contribution in [0.2, 0.25) is 0 Å². The van der Waals surface area contributed by atoms with E-state index in [0.717, 1.165) is 40.9 Å². The Morgan fingerprint density at radius 1 is 1.14 bits per heavy atom. The van der Waals surface area contributed by atoms with Gasteiger partial charge < -0.3 is 5.32 Å². The van der Waals surface area contributed by atoms with Crippen molar-refractivity contribution in [3.63, 3.8) is 0 Å². The molecule has 1 aliphatic heterocycles. The molecule has 37 heavy (non-hydrogen) atoms. The number of fused-ring (bicyclic) bond motifs is 4. The standard InChI is InChI=1S/C28H26N4O3S2/c1-16-8-6-9-17(14-16)31-25(34)23-18-10-7-13-21(18)37-24(23)30-27(31)36-15-22(33)32-20-12-5-4-11-19(20)29-26(35)28(32,2)3/h4-6,8-9,11-12,14H,7,10,13,15H2,1-3H3,(H,29,35). The quantitative estimate of drug-likeness (QED) is 0.293. The van der Waals surface area contributed by atoms with Gasteiger partial charge in [-0.25, -0.2) is 4.98 Å². The number of para-hydroxylation sites is 2. The van der Waals surface area contributed by atoms with E-state index >= 15 is 0 Å². The number of benzene rings is 2. The van der Waals surface area contributed by atoms with Crippen LogP contribution in [-0.4, -0.2) is 32.7 Å². The zero-order chi connectivity index (χ0) is 25.9. The number of aromatic nitrogens is 2. The maximum Gasteiger partial charge on any atom is 0.267 e. The molecular weight excluding hydrogens is 504 g/mol. The summed E-state index contributed by atoms with van der Waals surface area (Å²) in [6.07, 6.45) is 2.94. The molecule has 2 aliphatic rings. The van der Waals surface area contributed by atoms with Gasteiger partial charge in [-0.2, -0.15) is 0 Å². The van der Waals surface area contributed by atoms with E-state index in [1.807, 2.05) is 49.4 Å². The van der Waals surface area contributed by atoms with Crippen molar-refractivity contribution >= 4 is 56.5 Å². The Morgan fingerprint density at radius 2 is 1.95 bits per heavy atom. The summed E-state index contributed by atoms with van der Waals surface area (Å²) in [4.78, 5) is 48.9. The normalized spacial score (nSPS) is 16.0. The zero-order valence-electron chi connectivity index (χ0n) is 20.8. The molecule has 0 fully saturated rings. The van der Waals surface area contributed by atoms with E-state index < -0.39 is 5.54 Å². The van der Waals surface area contributed by atoms with Gasteiger partial charge in [-0.1, -0.05) is 36.0 Å². The number of carbonyl (C=O) groups excluding carboxylic acids is 2. The van der Waals surface area contributed by atoms with Gasteiger partial charge in [0.15, 0.2) is 5.16 Å². The number of rotatable bonds is 4. The molecule has 2 aromatic heterocycles. The van der Waals surface area contributed by atoms with Crippen LogP contribution >= 0.6 is 23.1 Å². The van der Waals surface area contributed by atoms with Gasteiger partial charge in [-0.05, 0) is 75.4 Å². The molecule has 0 atom stereocenters. The molecule has 3 heterocycles. The predicted molar refractivity (Wildman–Crippen MR) is 149 cm³/mol. The first kappa shape index (κ1) is 23.9. The van der Waals surface area contributed by atoms with Crippen molar-refractivity contribution in [2.75, 3.05) is 16.0 Å². The number of amides is 2. The van der Waals surface area contributed by atoms with Gasteiger partial charge in [0.25, 0.3) is 5.56 Å². The lowest BCUT2D eigenvalue weighted by molar-refractivity contribution is -0.125. The minimum Gasteiger partial charge on any atom is -0.322 e. The number of anilines is 2. The highest BCUT2D eigenvalue weighted by atomic mass is 32.2. The number of thioether (sulfide) groups is 1. The molecule has 188 valence electrons. The summed E-state index contributed by atoms with van der Waals surface area (Å²) in [6.45, 7) is 5.46. The van der Waals surface area contributed by atoms with Crippen molar-refractivity contribution in [2.24, 2.45) is 0 Å². The summed E-state index contributed by atoms with van der Waals surface area (Å²) in [5.74, 6) is -0.440. The second kappa shape index (κ2) is 8.85. The van der Waals surface area contributed by atoms with Crippen LogP contribution in [0.4, 0.5) is 11.4 Å². The summed E-state index contributed by atoms with van der Waals surface area (Å²) in [6, 6.07) is 15.1. The van der Waals surface area contributed by atoms with Crippen LogP contribution in [0.5, 0.6) is 0 Å². The third-order valence-electron chi connectivity index (χ3n) is 7.05. The number of thiophene rings is 1. The van der Waals surface area contributed by atoms with Gasteiger partial charge in [0.1, 0.15) is 10.4 Å². The van der Waals surface area contributed by atoms with Crippen molar-refractivity contribution in [1.82, 2.24) is 9.55 Å². The summed E-state index contributed by atoms with van der Waals surface area (Å²) in [7, 11) is 0. The fraction of sp³-hybridized carbons (Fsp3) is 0.286. The van der Waals surface area contributed by atoms with Gasteiger partial charge in [-0.15, -0.1) is 11.3 Å². The average molecular weight is 531 g/mol. The second-order valence-corrected chi connectivity index (χ2v) is 12.0. The smallest absolute Gasteiger partial charge is 0.267 e. The van der Waals surface area contributed by atoms with Crippen molar-refractivity contribution in [3.8, 4) is 5.69 Å². The monoisotopic (exact) mass is 530 g/mol. The highest BCUT2D eigenvalue weighted by molar-refractivity contribution is 7.99. The number of aryl methyl sites for hydroxylation is 3. The largest absolute Gasteiger partial charge is 0.322 e. The number of nitrogens with one attached hydrogen (secondary N) is 1. The van der Waals surface area contributed by atoms with E-state index in [0.29, 0.717) is 21.9 Å². The third kappa shape index (κ3) is 3.88. The van der Waals surface area contributed by atoms with E-state index in [-0.39, 0.29) is 23.1 Å². The molecule has 1 aliphatic carbocycles. The molecule has 4 aromatic rings. The van der Waals surface area contributed by atoms with Gasteiger partial charge in [0, 0.05) is 4.88 Å². The van der Waals surface area contributed by atoms with Crippen LogP contribution in [0.15, 0.2) is 58.5 Å². The average Bonchev–Trinajstić information content (AvgIpc) is 3.44. The molecule has 9 heteroatoms.